The van der Waals surface area contributed by atoms with Crippen LogP contribution in [0.1, 0.15) is 12.8 Å². The molecule has 12 heavy (non-hydrogen) atoms. The first-order valence-corrected chi connectivity index (χ1v) is 4.08. The lowest BCUT2D eigenvalue weighted by atomic mass is 9.99. The summed E-state index contributed by atoms with van der Waals surface area (Å²) in [6.07, 6.45) is 8.13. The molecule has 3 nitrogen and oxygen atoms in total. The Morgan fingerprint density at radius 2 is 2.58 bits per heavy atom. The van der Waals surface area contributed by atoms with E-state index in [9.17, 15) is 4.79 Å². The van der Waals surface area contributed by atoms with Crippen molar-refractivity contribution in [2.45, 2.75) is 12.8 Å². The fraction of sp³-hybridized carbons (Fsp3) is 0.556. The minimum Gasteiger partial charge on any atom is -0.316 e. The Labute approximate surface area is 72.3 Å². The van der Waals surface area contributed by atoms with Crippen LogP contribution in [0.2, 0.25) is 0 Å². The minimum absolute atomic E-state index is 0.0309. The van der Waals surface area contributed by atoms with Crippen molar-refractivity contribution in [1.29, 1.82) is 0 Å². The first-order valence-electron chi connectivity index (χ1n) is 4.08. The third-order valence-electron chi connectivity index (χ3n) is 1.91. The van der Waals surface area contributed by atoms with Crippen LogP contribution in [0.3, 0.4) is 0 Å². The number of carbonyl (C=O) groups excluding carboxylic acids is 1. The largest absolute Gasteiger partial charge is 0.316 e. The van der Waals surface area contributed by atoms with Crippen molar-refractivity contribution in [2.24, 2.45) is 10.9 Å². The van der Waals surface area contributed by atoms with Gasteiger partial charge in [0.2, 0.25) is 0 Å². The summed E-state index contributed by atoms with van der Waals surface area (Å²) in [5.41, 5.74) is 0. The summed E-state index contributed by atoms with van der Waals surface area (Å²) in [5.74, 6) is 2.14. The van der Waals surface area contributed by atoms with E-state index in [1.165, 1.54) is 6.21 Å². The van der Waals surface area contributed by atoms with Crippen LogP contribution < -0.4 is 5.32 Å². The Morgan fingerprint density at radius 3 is 3.17 bits per heavy atom. The van der Waals surface area contributed by atoms with Crippen molar-refractivity contribution < 1.29 is 4.79 Å². The van der Waals surface area contributed by atoms with Gasteiger partial charge in [-0.3, -0.25) is 4.79 Å². The van der Waals surface area contributed by atoms with Crippen LogP contribution in [-0.2, 0) is 4.79 Å². The lowest BCUT2D eigenvalue weighted by Gasteiger charge is -2.18. The number of hydrogen-bond acceptors (Lipinski definition) is 2. The molecule has 1 aliphatic rings. The molecule has 3 heteroatoms. The lowest BCUT2D eigenvalue weighted by molar-refractivity contribution is -0.121. The number of hydrogen-bond donors (Lipinski definition) is 1. The topological polar surface area (TPSA) is 41.5 Å². The maximum absolute atomic E-state index is 11.2. The summed E-state index contributed by atoms with van der Waals surface area (Å²) < 4.78 is 0. The van der Waals surface area contributed by atoms with Gasteiger partial charge in [-0.2, -0.15) is 0 Å². The highest BCUT2D eigenvalue weighted by Gasteiger charge is 2.19. The standard InChI is InChI=1S/C9H12N2O/c1-2-5-11-9(12)8-4-3-6-10-7-8/h1,5,8,10H,3-4,6-7H2. The third kappa shape index (κ3) is 2.48. The van der Waals surface area contributed by atoms with E-state index in [2.05, 4.69) is 16.2 Å². The van der Waals surface area contributed by atoms with Gasteiger partial charge in [0.1, 0.15) is 0 Å². The van der Waals surface area contributed by atoms with E-state index >= 15 is 0 Å². The van der Waals surface area contributed by atoms with Gasteiger partial charge < -0.3 is 5.32 Å². The molecule has 0 aromatic rings. The molecule has 0 saturated carbocycles. The first kappa shape index (κ1) is 8.95. The van der Waals surface area contributed by atoms with Gasteiger partial charge in [-0.15, -0.1) is 6.42 Å². The molecule has 1 rings (SSSR count). The molecule has 1 atom stereocenters. The van der Waals surface area contributed by atoms with Crippen LogP contribution >= 0.6 is 0 Å². The molecular weight excluding hydrogens is 152 g/mol. The van der Waals surface area contributed by atoms with Gasteiger partial charge in [-0.05, 0) is 19.4 Å². The second-order valence-electron chi connectivity index (χ2n) is 2.81. The molecule has 0 bridgehead atoms. The molecule has 1 unspecified atom stereocenters. The van der Waals surface area contributed by atoms with E-state index in [1.54, 1.807) is 0 Å². The van der Waals surface area contributed by atoms with Crippen molar-refractivity contribution in [3.63, 3.8) is 0 Å². The molecule has 0 aromatic heterocycles. The molecule has 0 aromatic carbocycles. The van der Waals surface area contributed by atoms with Crippen molar-refractivity contribution >= 4 is 12.1 Å². The van der Waals surface area contributed by atoms with Gasteiger partial charge in [-0.1, -0.05) is 5.92 Å². The first-order chi connectivity index (χ1) is 5.84. The SMILES string of the molecule is C#CC=NC(=O)C1CCCNC1. The van der Waals surface area contributed by atoms with Crippen LogP contribution in [0, 0.1) is 18.3 Å². The summed E-state index contributed by atoms with van der Waals surface area (Å²) in [6, 6.07) is 0. The maximum Gasteiger partial charge on any atom is 0.250 e. The molecule has 0 spiro atoms. The molecule has 1 saturated heterocycles. The van der Waals surface area contributed by atoms with Gasteiger partial charge in [-0.25, -0.2) is 4.99 Å². The Morgan fingerprint density at radius 1 is 1.75 bits per heavy atom. The fourth-order valence-electron chi connectivity index (χ4n) is 1.27. The molecule has 1 amide bonds. The Kier molecular flexibility index (Phi) is 3.49. The van der Waals surface area contributed by atoms with Crippen LogP contribution in [-0.4, -0.2) is 25.2 Å². The van der Waals surface area contributed by atoms with Gasteiger partial charge in [0.25, 0.3) is 5.91 Å². The predicted octanol–water partition coefficient (Wildman–Crippen LogP) is 0.217. The molecule has 64 valence electrons. The van der Waals surface area contributed by atoms with Crippen molar-refractivity contribution in [3.05, 3.63) is 0 Å². The van der Waals surface area contributed by atoms with Crippen LogP contribution in [0.4, 0.5) is 0 Å². The van der Waals surface area contributed by atoms with Crippen LogP contribution in [0.5, 0.6) is 0 Å². The zero-order chi connectivity index (χ0) is 8.81. The van der Waals surface area contributed by atoms with E-state index in [0.29, 0.717) is 0 Å². The zero-order valence-electron chi connectivity index (χ0n) is 6.92. The van der Waals surface area contributed by atoms with Gasteiger partial charge in [0, 0.05) is 6.54 Å². The number of rotatable bonds is 1. The number of piperidine rings is 1. The third-order valence-corrected chi connectivity index (χ3v) is 1.91. The molecule has 0 aliphatic carbocycles. The number of nitrogens with one attached hydrogen (secondary N) is 1. The normalized spacial score (nSPS) is 23.8. The Balaban J connectivity index is 2.41. The summed E-state index contributed by atoms with van der Waals surface area (Å²) in [6.45, 7) is 1.74. The summed E-state index contributed by atoms with van der Waals surface area (Å²) in [5, 5.41) is 3.15. The highest BCUT2D eigenvalue weighted by molar-refractivity contribution is 5.92. The molecule has 1 aliphatic heterocycles. The number of terminal acetylenes is 1. The van der Waals surface area contributed by atoms with E-state index in [-0.39, 0.29) is 11.8 Å². The molecule has 0 radical (unpaired) electrons. The fourth-order valence-corrected chi connectivity index (χ4v) is 1.27. The number of carbonyl (C=O) groups is 1. The second kappa shape index (κ2) is 4.68. The highest BCUT2D eigenvalue weighted by Crippen LogP contribution is 2.10. The average molecular weight is 164 g/mol. The van der Waals surface area contributed by atoms with Crippen LogP contribution in [0.25, 0.3) is 0 Å². The van der Waals surface area contributed by atoms with E-state index in [1.807, 2.05) is 0 Å². The number of amides is 1. The Bertz CT molecular complexity index is 221. The van der Waals surface area contributed by atoms with Gasteiger partial charge in [0.15, 0.2) is 0 Å². The van der Waals surface area contributed by atoms with E-state index in [0.717, 1.165) is 25.9 Å². The Hall–Kier alpha value is -1.14. The van der Waals surface area contributed by atoms with E-state index < -0.39 is 0 Å². The monoisotopic (exact) mass is 164 g/mol. The summed E-state index contributed by atoms with van der Waals surface area (Å²) in [7, 11) is 0. The lowest BCUT2D eigenvalue weighted by Crippen LogP contribution is -2.33. The minimum atomic E-state index is -0.0971. The van der Waals surface area contributed by atoms with Crippen molar-refractivity contribution in [2.75, 3.05) is 13.1 Å². The molecule has 1 heterocycles. The molecule has 1 fully saturated rings. The number of aliphatic imine (C=N–C) groups is 1. The summed E-state index contributed by atoms with van der Waals surface area (Å²) >= 11 is 0. The van der Waals surface area contributed by atoms with Gasteiger partial charge >= 0.3 is 0 Å². The predicted molar refractivity (Wildman–Crippen MR) is 47.9 cm³/mol. The van der Waals surface area contributed by atoms with Crippen LogP contribution in [0.15, 0.2) is 4.99 Å². The molecular formula is C9H12N2O. The van der Waals surface area contributed by atoms with Gasteiger partial charge in [0.05, 0.1) is 12.1 Å². The number of nitrogens with zero attached hydrogens (tertiary/aromatic N) is 1. The van der Waals surface area contributed by atoms with Crippen molar-refractivity contribution in [1.82, 2.24) is 5.32 Å². The summed E-state index contributed by atoms with van der Waals surface area (Å²) in [4.78, 5) is 14.8. The molecule has 1 N–H and O–H groups in total. The smallest absolute Gasteiger partial charge is 0.250 e. The van der Waals surface area contributed by atoms with E-state index in [4.69, 9.17) is 6.42 Å². The average Bonchev–Trinajstić information content (AvgIpc) is 2.15. The zero-order valence-corrected chi connectivity index (χ0v) is 6.92. The van der Waals surface area contributed by atoms with Crippen molar-refractivity contribution in [3.8, 4) is 12.3 Å². The highest BCUT2D eigenvalue weighted by atomic mass is 16.1. The second-order valence-corrected chi connectivity index (χ2v) is 2.81. The quantitative estimate of drug-likeness (QED) is 0.445. The maximum atomic E-state index is 11.2.